The zero-order valence-electron chi connectivity index (χ0n) is 12.8. The number of benzene rings is 1. The number of carbonyl (C=O) groups is 3. The molecule has 1 aliphatic rings. The molecule has 2 rings (SSSR count). The maximum atomic E-state index is 12.1. The van der Waals surface area contributed by atoms with Gasteiger partial charge in [-0.25, -0.2) is 0 Å². The first-order valence-electron chi connectivity index (χ1n) is 6.86. The Morgan fingerprint density at radius 2 is 2.12 bits per heavy atom. The number of phenols is 1. The van der Waals surface area contributed by atoms with Crippen molar-refractivity contribution in [2.45, 2.75) is 6.92 Å². The van der Waals surface area contributed by atoms with Gasteiger partial charge in [0, 0.05) is 6.07 Å². The molecule has 0 aliphatic carbocycles. The van der Waals surface area contributed by atoms with Crippen molar-refractivity contribution in [3.63, 3.8) is 0 Å². The molecule has 0 radical (unpaired) electrons. The summed E-state index contributed by atoms with van der Waals surface area (Å²) >= 11 is 0.518. The normalized spacial score (nSPS) is 15.7. The van der Waals surface area contributed by atoms with Gasteiger partial charge in [-0.3, -0.25) is 29.4 Å². The standard InChI is InChI=1S/C14H12N2O8S/c1-2-24-9-4-7(3-8(12(9)19)16(22)23)5-10-13(20)15(6-11(17)18)14(21)25-10/h3-5,19H,2,6H2,1H3,(H,17,18)/b10-5+. The average molecular weight is 368 g/mol. The van der Waals surface area contributed by atoms with E-state index < -0.39 is 40.0 Å². The molecule has 1 aromatic carbocycles. The third kappa shape index (κ3) is 3.88. The molecule has 0 bridgehead atoms. The fourth-order valence-electron chi connectivity index (χ4n) is 2.02. The quantitative estimate of drug-likeness (QED) is 0.436. The van der Waals surface area contributed by atoms with Gasteiger partial charge in [0.15, 0.2) is 5.75 Å². The Hall–Kier alpha value is -3.08. The van der Waals surface area contributed by atoms with Crippen LogP contribution in [0, 0.1) is 10.1 Å². The van der Waals surface area contributed by atoms with E-state index in [1.54, 1.807) is 6.92 Å². The van der Waals surface area contributed by atoms with E-state index >= 15 is 0 Å². The summed E-state index contributed by atoms with van der Waals surface area (Å²) < 4.78 is 5.12. The number of nitro benzene ring substituents is 1. The molecule has 0 unspecified atom stereocenters. The Bertz CT molecular complexity index is 804. The number of aliphatic carboxylic acids is 1. The Balaban J connectivity index is 2.43. The number of carboxylic acids is 1. The van der Waals surface area contributed by atoms with Gasteiger partial charge in [-0.05, 0) is 36.4 Å². The summed E-state index contributed by atoms with van der Waals surface area (Å²) in [5, 5.41) is 28.8. The molecule has 1 saturated heterocycles. The van der Waals surface area contributed by atoms with Crippen LogP contribution in [-0.2, 0) is 9.59 Å². The highest BCUT2D eigenvalue weighted by molar-refractivity contribution is 8.18. The van der Waals surface area contributed by atoms with E-state index in [2.05, 4.69) is 0 Å². The number of hydrogen-bond donors (Lipinski definition) is 2. The molecule has 132 valence electrons. The number of thioether (sulfide) groups is 1. The molecule has 1 fully saturated rings. The largest absolute Gasteiger partial charge is 0.500 e. The number of phenolic OH excluding ortho intramolecular Hbond substituents is 1. The molecule has 0 aromatic heterocycles. The van der Waals surface area contributed by atoms with Gasteiger partial charge >= 0.3 is 11.7 Å². The van der Waals surface area contributed by atoms with Gasteiger partial charge in [-0.1, -0.05) is 0 Å². The highest BCUT2D eigenvalue weighted by Gasteiger charge is 2.36. The monoisotopic (exact) mass is 368 g/mol. The van der Waals surface area contributed by atoms with E-state index in [9.17, 15) is 29.6 Å². The molecule has 1 aliphatic heterocycles. The van der Waals surface area contributed by atoms with Crippen LogP contribution in [0.1, 0.15) is 12.5 Å². The molecule has 0 saturated carbocycles. The van der Waals surface area contributed by atoms with Gasteiger partial charge in [0.2, 0.25) is 5.75 Å². The van der Waals surface area contributed by atoms with Crippen LogP contribution in [0.3, 0.4) is 0 Å². The van der Waals surface area contributed by atoms with Crippen molar-refractivity contribution in [3.05, 3.63) is 32.7 Å². The van der Waals surface area contributed by atoms with Crippen LogP contribution >= 0.6 is 11.8 Å². The van der Waals surface area contributed by atoms with Crippen LogP contribution in [0.2, 0.25) is 0 Å². The topological polar surface area (TPSA) is 147 Å². The second-order valence-corrected chi connectivity index (χ2v) is 5.73. The van der Waals surface area contributed by atoms with Crippen LogP contribution in [-0.4, -0.2) is 50.3 Å². The zero-order chi connectivity index (χ0) is 18.7. The lowest BCUT2D eigenvalue weighted by Crippen LogP contribution is -2.33. The number of rotatable bonds is 6. The molecule has 2 amide bonds. The number of ether oxygens (including phenoxy) is 1. The zero-order valence-corrected chi connectivity index (χ0v) is 13.6. The minimum absolute atomic E-state index is 0.0892. The summed E-state index contributed by atoms with van der Waals surface area (Å²) in [6, 6.07) is 2.29. The first kappa shape index (κ1) is 18.3. The summed E-state index contributed by atoms with van der Waals surface area (Å²) in [6.07, 6.45) is 1.20. The molecule has 0 spiro atoms. The highest BCUT2D eigenvalue weighted by Crippen LogP contribution is 2.39. The van der Waals surface area contributed by atoms with Gasteiger partial charge < -0.3 is 14.9 Å². The van der Waals surface area contributed by atoms with E-state index in [0.29, 0.717) is 16.7 Å². The van der Waals surface area contributed by atoms with Gasteiger partial charge in [0.05, 0.1) is 16.4 Å². The lowest BCUT2D eigenvalue weighted by Gasteiger charge is -2.08. The van der Waals surface area contributed by atoms with Crippen LogP contribution in [0.15, 0.2) is 17.0 Å². The minimum atomic E-state index is -1.34. The first-order valence-corrected chi connectivity index (χ1v) is 7.67. The summed E-state index contributed by atoms with van der Waals surface area (Å²) in [7, 11) is 0. The SMILES string of the molecule is CCOc1cc(/C=C2/SC(=O)N(CC(=O)O)C2=O)cc([N+](=O)[O-])c1O. The van der Waals surface area contributed by atoms with Crippen molar-refractivity contribution < 1.29 is 34.3 Å². The van der Waals surface area contributed by atoms with E-state index in [4.69, 9.17) is 9.84 Å². The summed E-state index contributed by atoms with van der Waals surface area (Å²) in [6.45, 7) is 0.987. The van der Waals surface area contributed by atoms with Crippen LogP contribution in [0.25, 0.3) is 6.08 Å². The number of hydrogen-bond acceptors (Lipinski definition) is 8. The third-order valence-electron chi connectivity index (χ3n) is 3.04. The van der Waals surface area contributed by atoms with Crippen LogP contribution < -0.4 is 4.74 Å². The lowest BCUT2D eigenvalue weighted by atomic mass is 10.1. The van der Waals surface area contributed by atoms with Crippen LogP contribution in [0.5, 0.6) is 11.5 Å². The Morgan fingerprint density at radius 1 is 1.44 bits per heavy atom. The maximum absolute atomic E-state index is 12.1. The van der Waals surface area contributed by atoms with Crippen molar-refractivity contribution in [2.24, 2.45) is 0 Å². The Kier molecular flexibility index (Phi) is 5.27. The smallest absolute Gasteiger partial charge is 0.323 e. The van der Waals surface area contributed by atoms with Gasteiger partial charge in [-0.2, -0.15) is 0 Å². The van der Waals surface area contributed by atoms with Crippen molar-refractivity contribution in [3.8, 4) is 11.5 Å². The second-order valence-electron chi connectivity index (χ2n) is 4.74. The molecule has 10 nitrogen and oxygen atoms in total. The van der Waals surface area contributed by atoms with Gasteiger partial charge in [-0.15, -0.1) is 0 Å². The van der Waals surface area contributed by atoms with Gasteiger partial charge in [0.1, 0.15) is 6.54 Å². The first-order chi connectivity index (χ1) is 11.7. The number of amides is 2. The minimum Gasteiger partial charge on any atom is -0.500 e. The fourth-order valence-corrected chi connectivity index (χ4v) is 2.86. The predicted molar refractivity (Wildman–Crippen MR) is 86.2 cm³/mol. The van der Waals surface area contributed by atoms with E-state index in [-0.39, 0.29) is 22.8 Å². The molecule has 25 heavy (non-hydrogen) atoms. The van der Waals surface area contributed by atoms with E-state index in [1.165, 1.54) is 12.1 Å². The van der Waals surface area contributed by atoms with Crippen molar-refractivity contribution in [1.29, 1.82) is 0 Å². The van der Waals surface area contributed by atoms with Crippen LogP contribution in [0.4, 0.5) is 10.5 Å². The molecule has 1 aromatic rings. The lowest BCUT2D eigenvalue weighted by molar-refractivity contribution is -0.386. The molecule has 11 heteroatoms. The van der Waals surface area contributed by atoms with Gasteiger partial charge in [0.25, 0.3) is 11.1 Å². The van der Waals surface area contributed by atoms with Crippen molar-refractivity contribution in [1.82, 2.24) is 4.90 Å². The van der Waals surface area contributed by atoms with E-state index in [1.807, 2.05) is 0 Å². The number of carboxylic acid groups (broad SMARTS) is 1. The molecule has 1 heterocycles. The van der Waals surface area contributed by atoms with Crippen molar-refractivity contribution in [2.75, 3.05) is 13.2 Å². The average Bonchev–Trinajstić information content (AvgIpc) is 2.77. The number of carbonyl (C=O) groups excluding carboxylic acids is 2. The maximum Gasteiger partial charge on any atom is 0.323 e. The van der Waals surface area contributed by atoms with E-state index in [0.717, 1.165) is 6.07 Å². The predicted octanol–water partition coefficient (Wildman–Crippen LogP) is 1.82. The summed E-state index contributed by atoms with van der Waals surface area (Å²) in [5.74, 6) is -2.95. The number of imide groups is 1. The highest BCUT2D eigenvalue weighted by atomic mass is 32.2. The number of aromatic hydroxyl groups is 1. The summed E-state index contributed by atoms with van der Waals surface area (Å²) in [5.41, 5.74) is -0.476. The fraction of sp³-hybridized carbons (Fsp3) is 0.214. The molecule has 0 atom stereocenters. The second kappa shape index (κ2) is 7.21. The Labute approximate surface area is 144 Å². The van der Waals surface area contributed by atoms with Crippen molar-refractivity contribution >= 4 is 40.6 Å². The number of nitrogens with zero attached hydrogens (tertiary/aromatic N) is 2. The number of nitro groups is 1. The third-order valence-corrected chi connectivity index (χ3v) is 3.95. The molecule has 2 N–H and O–H groups in total. The molecular formula is C14H12N2O8S. The summed E-state index contributed by atoms with van der Waals surface area (Å²) in [4.78, 5) is 45.2. The molecular weight excluding hydrogens is 356 g/mol. The Morgan fingerprint density at radius 3 is 2.68 bits per heavy atom.